The van der Waals surface area contributed by atoms with Crippen molar-refractivity contribution < 1.29 is 18.9 Å². The maximum absolute atomic E-state index is 5.64. The summed E-state index contributed by atoms with van der Waals surface area (Å²) < 4.78 is 22.3. The Morgan fingerprint density at radius 1 is 0.417 bits per heavy atom. The normalized spacial score (nSPS) is 12.4. The fourth-order valence-electron chi connectivity index (χ4n) is 4.22. The van der Waals surface area contributed by atoms with Gasteiger partial charge in [0.15, 0.2) is 23.0 Å². The Morgan fingerprint density at radius 3 is 1.11 bits per heavy atom. The molecule has 0 radical (unpaired) electrons. The highest BCUT2D eigenvalue weighted by Crippen LogP contribution is 2.43. The molecule has 4 rings (SSSR count). The zero-order valence-electron chi connectivity index (χ0n) is 21.2. The molecule has 0 N–H and O–H groups in total. The van der Waals surface area contributed by atoms with Crippen molar-refractivity contribution in [1.29, 1.82) is 0 Å². The van der Waals surface area contributed by atoms with E-state index in [1.54, 1.807) is 28.4 Å². The molecule has 0 heterocycles. The van der Waals surface area contributed by atoms with Crippen molar-refractivity contribution in [3.05, 3.63) is 97.1 Å². The lowest BCUT2D eigenvalue weighted by atomic mass is 10.3. The molecule has 0 aliphatic heterocycles. The van der Waals surface area contributed by atoms with Crippen LogP contribution >= 0.6 is 15.8 Å². The molecular formula is C30H32O4P2. The monoisotopic (exact) mass is 518 g/mol. The SMILES string of the molecule is COc1ccc(P(CCP(c2ccccc2)c2ccc(OC)c(OC)c2)c2ccccc2)cc1OC. The van der Waals surface area contributed by atoms with Gasteiger partial charge in [-0.1, -0.05) is 72.8 Å². The van der Waals surface area contributed by atoms with E-state index >= 15 is 0 Å². The average molecular weight is 519 g/mol. The van der Waals surface area contributed by atoms with E-state index in [1.807, 2.05) is 12.1 Å². The van der Waals surface area contributed by atoms with Gasteiger partial charge < -0.3 is 18.9 Å². The minimum atomic E-state index is -0.599. The molecule has 0 aliphatic rings. The summed E-state index contributed by atoms with van der Waals surface area (Å²) >= 11 is 0. The Labute approximate surface area is 216 Å². The van der Waals surface area contributed by atoms with Gasteiger partial charge in [-0.05, 0) is 73.7 Å². The van der Waals surface area contributed by atoms with E-state index in [4.69, 9.17) is 18.9 Å². The number of rotatable bonds is 11. The van der Waals surface area contributed by atoms with E-state index in [9.17, 15) is 0 Å². The molecule has 0 saturated carbocycles. The first-order valence-electron chi connectivity index (χ1n) is 11.8. The first-order valence-corrected chi connectivity index (χ1v) is 14.8. The van der Waals surface area contributed by atoms with Crippen molar-refractivity contribution in [3.8, 4) is 23.0 Å². The lowest BCUT2D eigenvalue weighted by molar-refractivity contribution is 0.355. The lowest BCUT2D eigenvalue weighted by Gasteiger charge is -2.25. The summed E-state index contributed by atoms with van der Waals surface area (Å²) in [5, 5.41) is 5.28. The number of hydrogen-bond acceptors (Lipinski definition) is 4. The zero-order valence-corrected chi connectivity index (χ0v) is 23.0. The van der Waals surface area contributed by atoms with Gasteiger partial charge in [0.2, 0.25) is 0 Å². The third kappa shape index (κ3) is 6.01. The summed E-state index contributed by atoms with van der Waals surface area (Å²) in [6.45, 7) is 0. The number of ether oxygens (including phenoxy) is 4. The van der Waals surface area contributed by atoms with Crippen molar-refractivity contribution in [1.82, 2.24) is 0 Å². The molecule has 0 fully saturated rings. The first-order chi connectivity index (χ1) is 17.7. The third-order valence-electron chi connectivity index (χ3n) is 6.04. The molecule has 0 saturated heterocycles. The highest BCUT2D eigenvalue weighted by molar-refractivity contribution is 7.76. The number of methoxy groups -OCH3 is 4. The van der Waals surface area contributed by atoms with Crippen LogP contribution in [0.15, 0.2) is 97.1 Å². The molecule has 0 aromatic heterocycles. The Hall–Kier alpha value is -3.06. The maximum atomic E-state index is 5.64. The van der Waals surface area contributed by atoms with Crippen LogP contribution in [-0.4, -0.2) is 40.8 Å². The Bertz CT molecular complexity index is 1150. The van der Waals surface area contributed by atoms with E-state index in [-0.39, 0.29) is 0 Å². The lowest BCUT2D eigenvalue weighted by Crippen LogP contribution is -2.20. The quantitative estimate of drug-likeness (QED) is 0.253. The van der Waals surface area contributed by atoms with Gasteiger partial charge in [0.25, 0.3) is 0 Å². The summed E-state index contributed by atoms with van der Waals surface area (Å²) in [6.07, 6.45) is 2.09. The molecule has 4 nitrogen and oxygen atoms in total. The summed E-state index contributed by atoms with van der Waals surface area (Å²) in [4.78, 5) is 0. The topological polar surface area (TPSA) is 36.9 Å². The average Bonchev–Trinajstić information content (AvgIpc) is 2.95. The van der Waals surface area contributed by atoms with Crippen LogP contribution in [0.5, 0.6) is 23.0 Å². The number of benzene rings is 4. The van der Waals surface area contributed by atoms with Crippen LogP contribution < -0.4 is 40.2 Å². The van der Waals surface area contributed by atoms with Crippen molar-refractivity contribution in [2.75, 3.05) is 40.8 Å². The van der Waals surface area contributed by atoms with Gasteiger partial charge in [-0.3, -0.25) is 0 Å². The Kier molecular flexibility index (Phi) is 9.23. The highest BCUT2D eigenvalue weighted by Gasteiger charge is 2.21. The van der Waals surface area contributed by atoms with Crippen LogP contribution in [0, 0.1) is 0 Å². The van der Waals surface area contributed by atoms with Crippen LogP contribution in [0.2, 0.25) is 0 Å². The molecule has 0 bridgehead atoms. The molecule has 6 heteroatoms. The second-order valence-corrected chi connectivity index (χ2v) is 12.7. The van der Waals surface area contributed by atoms with Crippen LogP contribution in [0.25, 0.3) is 0 Å². The highest BCUT2D eigenvalue weighted by atomic mass is 31.1. The number of hydrogen-bond donors (Lipinski definition) is 0. The zero-order chi connectivity index (χ0) is 25.3. The minimum absolute atomic E-state index is 0.599. The standard InChI is InChI=1S/C30H32O4P2/c1-31-27-17-15-25(21-29(27)33-3)35(23-11-7-5-8-12-23)19-20-36(24-13-9-6-10-14-24)26-16-18-28(32-2)30(22-26)34-4/h5-18,21-22H,19-20H2,1-4H3. The summed E-state index contributed by atoms with van der Waals surface area (Å²) in [6, 6.07) is 34.3. The Morgan fingerprint density at radius 2 is 0.778 bits per heavy atom. The molecule has 4 aromatic rings. The predicted molar refractivity (Wildman–Crippen MR) is 154 cm³/mol. The molecule has 2 unspecified atom stereocenters. The first kappa shape index (κ1) is 26.0. The van der Waals surface area contributed by atoms with Gasteiger partial charge in [0, 0.05) is 0 Å². The van der Waals surface area contributed by atoms with Crippen molar-refractivity contribution in [3.63, 3.8) is 0 Å². The molecule has 2 atom stereocenters. The molecular weight excluding hydrogens is 486 g/mol. The van der Waals surface area contributed by atoms with Gasteiger partial charge in [-0.15, -0.1) is 0 Å². The van der Waals surface area contributed by atoms with E-state index in [1.165, 1.54) is 21.2 Å². The van der Waals surface area contributed by atoms with Crippen molar-refractivity contribution >= 4 is 37.1 Å². The van der Waals surface area contributed by atoms with Crippen LogP contribution in [0.1, 0.15) is 0 Å². The second kappa shape index (κ2) is 12.8. The smallest absolute Gasteiger partial charge is 0.161 e. The third-order valence-corrected chi connectivity index (χ3v) is 11.4. The van der Waals surface area contributed by atoms with Gasteiger partial charge in [0.05, 0.1) is 28.4 Å². The van der Waals surface area contributed by atoms with E-state index in [2.05, 4.69) is 84.9 Å². The van der Waals surface area contributed by atoms with Gasteiger partial charge in [-0.2, -0.15) is 0 Å². The minimum Gasteiger partial charge on any atom is -0.493 e. The fraction of sp³-hybridized carbons (Fsp3) is 0.200. The second-order valence-electron chi connectivity index (χ2n) is 8.05. The summed E-state index contributed by atoms with van der Waals surface area (Å²) in [7, 11) is 5.54. The van der Waals surface area contributed by atoms with E-state index in [0.717, 1.165) is 35.3 Å². The molecule has 186 valence electrons. The fourth-order valence-corrected chi connectivity index (χ4v) is 9.56. The van der Waals surface area contributed by atoms with Crippen molar-refractivity contribution in [2.24, 2.45) is 0 Å². The molecule has 0 amide bonds. The largest absolute Gasteiger partial charge is 0.493 e. The Balaban J connectivity index is 1.71. The molecule has 0 aliphatic carbocycles. The van der Waals surface area contributed by atoms with E-state index < -0.39 is 15.8 Å². The summed E-state index contributed by atoms with van der Waals surface area (Å²) in [5.41, 5.74) is 0. The van der Waals surface area contributed by atoms with Crippen molar-refractivity contribution in [2.45, 2.75) is 0 Å². The van der Waals surface area contributed by atoms with Gasteiger partial charge in [-0.25, -0.2) is 0 Å². The van der Waals surface area contributed by atoms with Crippen LogP contribution in [-0.2, 0) is 0 Å². The van der Waals surface area contributed by atoms with Crippen LogP contribution in [0.3, 0.4) is 0 Å². The molecule has 0 spiro atoms. The molecule has 4 aromatic carbocycles. The van der Waals surface area contributed by atoms with Crippen LogP contribution in [0.4, 0.5) is 0 Å². The predicted octanol–water partition coefficient (Wildman–Crippen LogP) is 5.29. The van der Waals surface area contributed by atoms with Gasteiger partial charge in [0.1, 0.15) is 0 Å². The maximum Gasteiger partial charge on any atom is 0.161 e. The molecule has 36 heavy (non-hydrogen) atoms. The van der Waals surface area contributed by atoms with Gasteiger partial charge >= 0.3 is 0 Å². The summed E-state index contributed by atoms with van der Waals surface area (Å²) in [5.74, 6) is 3.04. The van der Waals surface area contributed by atoms with E-state index in [0.29, 0.717) is 0 Å².